The highest BCUT2D eigenvalue weighted by Gasteiger charge is 2.27. The van der Waals surface area contributed by atoms with Gasteiger partial charge in [0.2, 0.25) is 5.91 Å². The summed E-state index contributed by atoms with van der Waals surface area (Å²) < 4.78 is 5.57. The Morgan fingerprint density at radius 1 is 1.42 bits per heavy atom. The highest BCUT2D eigenvalue weighted by Crippen LogP contribution is 2.34. The number of fused-ring (bicyclic) bond motifs is 1. The first-order valence-corrected chi connectivity index (χ1v) is 8.45. The summed E-state index contributed by atoms with van der Waals surface area (Å²) in [6.45, 7) is 3.12. The first-order valence-electron chi connectivity index (χ1n) is 8.45. The lowest BCUT2D eigenvalue weighted by molar-refractivity contribution is -0.115. The van der Waals surface area contributed by atoms with Crippen molar-refractivity contribution in [3.05, 3.63) is 35.4 Å². The van der Waals surface area contributed by atoms with Crippen LogP contribution in [0.2, 0.25) is 0 Å². The molecule has 0 fully saturated rings. The van der Waals surface area contributed by atoms with Gasteiger partial charge in [0.25, 0.3) is 0 Å². The van der Waals surface area contributed by atoms with Crippen molar-refractivity contribution in [1.29, 1.82) is 5.26 Å². The van der Waals surface area contributed by atoms with Crippen LogP contribution < -0.4 is 20.7 Å². The molecule has 0 bridgehead atoms. The second-order valence-electron chi connectivity index (χ2n) is 6.01. The van der Waals surface area contributed by atoms with Crippen LogP contribution in [0, 0.1) is 11.3 Å². The Balaban J connectivity index is 1.90. The van der Waals surface area contributed by atoms with Gasteiger partial charge < -0.3 is 20.7 Å². The van der Waals surface area contributed by atoms with Crippen LogP contribution in [0.4, 0.5) is 17.3 Å². The maximum Gasteiger partial charge on any atom is 0.320 e. The normalized spacial score (nSPS) is 12.9. The van der Waals surface area contributed by atoms with Crippen molar-refractivity contribution in [2.75, 3.05) is 29.1 Å². The Morgan fingerprint density at radius 3 is 3.04 bits per heavy atom. The van der Waals surface area contributed by atoms with E-state index in [4.69, 9.17) is 15.7 Å². The quantitative estimate of drug-likeness (QED) is 0.764. The zero-order valence-electron chi connectivity index (χ0n) is 14.5. The zero-order valence-corrected chi connectivity index (χ0v) is 14.5. The largest absolute Gasteiger partial charge is 0.463 e. The fraction of sp³-hybridized carbons (Fsp3) is 0.333. The highest BCUT2D eigenvalue weighted by atomic mass is 16.5. The Labute approximate surface area is 151 Å². The number of nitrogens with zero attached hydrogens (tertiary/aromatic N) is 4. The van der Waals surface area contributed by atoms with Crippen LogP contribution in [0.15, 0.2) is 24.3 Å². The van der Waals surface area contributed by atoms with E-state index in [1.807, 2.05) is 12.1 Å². The van der Waals surface area contributed by atoms with Crippen molar-refractivity contribution in [3.8, 4) is 12.1 Å². The summed E-state index contributed by atoms with van der Waals surface area (Å²) in [7, 11) is 0. The number of unbranched alkanes of at least 4 members (excludes halogenated alkanes) is 1. The van der Waals surface area contributed by atoms with E-state index in [0.717, 1.165) is 18.4 Å². The summed E-state index contributed by atoms with van der Waals surface area (Å²) in [6.07, 6.45) is 1.89. The molecule has 8 heteroatoms. The molecule has 1 amide bonds. The van der Waals surface area contributed by atoms with Crippen molar-refractivity contribution in [2.45, 2.75) is 26.3 Å². The third-order valence-electron chi connectivity index (χ3n) is 3.95. The number of rotatable bonds is 6. The van der Waals surface area contributed by atoms with Gasteiger partial charge >= 0.3 is 6.01 Å². The van der Waals surface area contributed by atoms with Crippen LogP contribution in [-0.2, 0) is 11.3 Å². The molecule has 2 heterocycles. The van der Waals surface area contributed by atoms with E-state index in [1.54, 1.807) is 17.0 Å². The third-order valence-corrected chi connectivity index (χ3v) is 3.95. The Bertz CT molecular complexity index is 861. The molecule has 8 nitrogen and oxygen atoms in total. The van der Waals surface area contributed by atoms with E-state index < -0.39 is 0 Å². The Kier molecular flexibility index (Phi) is 5.17. The molecule has 0 spiro atoms. The van der Waals surface area contributed by atoms with Gasteiger partial charge in [-0.1, -0.05) is 25.5 Å². The van der Waals surface area contributed by atoms with Gasteiger partial charge in [-0.2, -0.15) is 15.2 Å². The van der Waals surface area contributed by atoms with E-state index in [0.29, 0.717) is 30.2 Å². The molecule has 134 valence electrons. The lowest BCUT2D eigenvalue weighted by atomic mass is 10.1. The van der Waals surface area contributed by atoms with Crippen molar-refractivity contribution in [3.63, 3.8) is 0 Å². The summed E-state index contributed by atoms with van der Waals surface area (Å²) in [5, 5.41) is 11.8. The van der Waals surface area contributed by atoms with Crippen molar-refractivity contribution < 1.29 is 9.53 Å². The molecule has 0 atom stereocenters. The molecule has 0 radical (unpaired) electrons. The number of nitrogens with two attached hydrogens (primary N) is 1. The van der Waals surface area contributed by atoms with Crippen LogP contribution in [-0.4, -0.2) is 29.0 Å². The molecule has 0 aliphatic carbocycles. The third kappa shape index (κ3) is 3.83. The minimum Gasteiger partial charge on any atom is -0.463 e. The smallest absolute Gasteiger partial charge is 0.320 e. The molecule has 2 aromatic rings. The molecule has 0 saturated carbocycles. The lowest BCUT2D eigenvalue weighted by Gasteiger charge is -2.30. The predicted molar refractivity (Wildman–Crippen MR) is 97.7 cm³/mol. The molecular weight excluding hydrogens is 332 g/mol. The number of aromatic nitrogens is 2. The van der Waals surface area contributed by atoms with Crippen LogP contribution in [0.1, 0.15) is 30.9 Å². The monoisotopic (exact) mass is 352 g/mol. The van der Waals surface area contributed by atoms with E-state index in [-0.39, 0.29) is 24.3 Å². The highest BCUT2D eigenvalue weighted by molar-refractivity contribution is 6.03. The zero-order chi connectivity index (χ0) is 18.5. The number of benzene rings is 1. The summed E-state index contributed by atoms with van der Waals surface area (Å²) in [6, 6.07) is 9.55. The van der Waals surface area contributed by atoms with Crippen molar-refractivity contribution in [2.24, 2.45) is 0 Å². The molecule has 1 aliphatic heterocycles. The topological polar surface area (TPSA) is 117 Å². The van der Waals surface area contributed by atoms with Gasteiger partial charge in [-0.15, -0.1) is 0 Å². The molecule has 3 rings (SSSR count). The maximum atomic E-state index is 12.1. The van der Waals surface area contributed by atoms with E-state index in [2.05, 4.69) is 28.3 Å². The first kappa shape index (κ1) is 17.5. The average Bonchev–Trinajstić information content (AvgIpc) is 2.63. The first-order chi connectivity index (χ1) is 12.6. The maximum absolute atomic E-state index is 12.1. The minimum atomic E-state index is -0.191. The van der Waals surface area contributed by atoms with Gasteiger partial charge in [-0.25, -0.2) is 0 Å². The summed E-state index contributed by atoms with van der Waals surface area (Å²) in [5.41, 5.74) is 7.85. The van der Waals surface area contributed by atoms with Gasteiger partial charge in [0, 0.05) is 6.54 Å². The van der Waals surface area contributed by atoms with E-state index in [9.17, 15) is 4.79 Å². The number of carbonyl (C=O) groups excluding carboxylic acids is 1. The van der Waals surface area contributed by atoms with E-state index >= 15 is 0 Å². The number of anilines is 3. The SMILES string of the molecule is CCCCOc1nc(N)c2c(n1)N(Cc1cccc(C#N)c1)CC(=O)N2. The second kappa shape index (κ2) is 7.70. The van der Waals surface area contributed by atoms with Gasteiger partial charge in [-0.3, -0.25) is 4.79 Å². The van der Waals surface area contributed by atoms with Crippen molar-refractivity contribution in [1.82, 2.24) is 9.97 Å². The standard InChI is InChI=1S/C18H20N6O2/c1-2-3-7-26-18-22-16(20)15-17(23-18)24(11-14(25)21-15)10-13-6-4-5-12(8-13)9-19/h4-6,8H,2-3,7,10-11H2,1H3,(H,21,25)(H2,20,22,23). The fourth-order valence-electron chi connectivity index (χ4n) is 2.68. The van der Waals surface area contributed by atoms with Crippen molar-refractivity contribution >= 4 is 23.2 Å². The minimum absolute atomic E-state index is 0.134. The summed E-state index contributed by atoms with van der Waals surface area (Å²) >= 11 is 0. The number of nitrogens with one attached hydrogen (secondary N) is 1. The Hall–Kier alpha value is -3.34. The summed E-state index contributed by atoms with van der Waals surface area (Å²) in [4.78, 5) is 22.4. The van der Waals surface area contributed by atoms with Crippen LogP contribution >= 0.6 is 0 Å². The van der Waals surface area contributed by atoms with Crippen LogP contribution in [0.25, 0.3) is 0 Å². The average molecular weight is 352 g/mol. The van der Waals surface area contributed by atoms with Crippen LogP contribution in [0.5, 0.6) is 6.01 Å². The van der Waals surface area contributed by atoms with Gasteiger partial charge in [-0.05, 0) is 24.1 Å². The fourth-order valence-corrected chi connectivity index (χ4v) is 2.68. The number of hydrogen-bond acceptors (Lipinski definition) is 7. The number of ether oxygens (including phenoxy) is 1. The summed E-state index contributed by atoms with van der Waals surface area (Å²) in [5.74, 6) is 0.500. The number of nitrogen functional groups attached to an aromatic ring is 1. The molecule has 0 unspecified atom stereocenters. The predicted octanol–water partition coefficient (Wildman–Crippen LogP) is 2.07. The number of nitriles is 1. The second-order valence-corrected chi connectivity index (χ2v) is 6.01. The molecular formula is C18H20N6O2. The molecule has 26 heavy (non-hydrogen) atoms. The lowest BCUT2D eigenvalue weighted by Crippen LogP contribution is -2.39. The van der Waals surface area contributed by atoms with Gasteiger partial charge in [0.15, 0.2) is 11.6 Å². The number of hydrogen-bond donors (Lipinski definition) is 2. The molecule has 3 N–H and O–H groups in total. The molecule has 1 aromatic carbocycles. The Morgan fingerprint density at radius 2 is 2.27 bits per heavy atom. The van der Waals surface area contributed by atoms with Gasteiger partial charge in [0.1, 0.15) is 5.69 Å². The van der Waals surface area contributed by atoms with Crippen LogP contribution in [0.3, 0.4) is 0 Å². The van der Waals surface area contributed by atoms with E-state index in [1.165, 1.54) is 0 Å². The number of carbonyl (C=O) groups is 1. The van der Waals surface area contributed by atoms with Gasteiger partial charge in [0.05, 0.1) is 24.8 Å². The number of amides is 1. The molecule has 1 aliphatic rings. The molecule has 1 aromatic heterocycles. The molecule has 0 saturated heterocycles.